The minimum Gasteiger partial charge on any atom is -0.454 e. The molecule has 0 fully saturated rings. The van der Waals surface area contributed by atoms with Gasteiger partial charge in [0, 0.05) is 20.1 Å². The van der Waals surface area contributed by atoms with E-state index in [2.05, 4.69) is 48.4 Å². The molecule has 8 heteroatoms. The third-order valence-electron chi connectivity index (χ3n) is 3.21. The van der Waals surface area contributed by atoms with E-state index in [0.717, 1.165) is 34.0 Å². The van der Waals surface area contributed by atoms with Gasteiger partial charge in [0.1, 0.15) is 0 Å². The zero-order valence-electron chi connectivity index (χ0n) is 12.5. The number of benzene rings is 1. The average Bonchev–Trinajstić information content (AvgIpc) is 3.18. The lowest BCUT2D eigenvalue weighted by molar-refractivity contribution is 0.173. The van der Waals surface area contributed by atoms with E-state index in [1.54, 1.807) is 18.4 Å². The lowest BCUT2D eigenvalue weighted by atomic mass is 10.2. The van der Waals surface area contributed by atoms with Gasteiger partial charge in [0.05, 0.1) is 4.47 Å². The largest absolute Gasteiger partial charge is 0.454 e. The number of halogens is 2. The summed E-state index contributed by atoms with van der Waals surface area (Å²) in [5, 5.41) is 10.8. The Kier molecular flexibility index (Phi) is 6.97. The Balaban J connectivity index is 0.00000192. The Morgan fingerprint density at radius 1 is 1.26 bits per heavy atom. The van der Waals surface area contributed by atoms with Gasteiger partial charge < -0.3 is 20.1 Å². The van der Waals surface area contributed by atoms with E-state index in [9.17, 15) is 0 Å². The zero-order valence-corrected chi connectivity index (χ0v) is 17.2. The number of aliphatic imine (C=N–C) groups is 1. The van der Waals surface area contributed by atoms with Crippen LogP contribution >= 0.6 is 51.2 Å². The lowest BCUT2D eigenvalue weighted by Crippen LogP contribution is -2.36. The Labute approximate surface area is 164 Å². The van der Waals surface area contributed by atoms with Gasteiger partial charge in [-0.2, -0.15) is 11.3 Å². The molecule has 0 atom stereocenters. The SMILES string of the molecule is CN=C(NCc1ccsc1)NCc1cc(Br)c2c(c1)OCO2.I. The van der Waals surface area contributed by atoms with Crippen LogP contribution in [0.15, 0.2) is 38.4 Å². The van der Waals surface area contributed by atoms with Crippen molar-refractivity contribution in [3.05, 3.63) is 44.6 Å². The van der Waals surface area contributed by atoms with Gasteiger partial charge in [0.15, 0.2) is 17.5 Å². The number of hydrogen-bond acceptors (Lipinski definition) is 4. The van der Waals surface area contributed by atoms with Gasteiger partial charge in [-0.3, -0.25) is 4.99 Å². The second-order valence-electron chi connectivity index (χ2n) is 4.72. The number of ether oxygens (including phenoxy) is 2. The first kappa shape index (κ1) is 18.3. The van der Waals surface area contributed by atoms with Crippen LogP contribution in [0.1, 0.15) is 11.1 Å². The van der Waals surface area contributed by atoms with Crippen molar-refractivity contribution in [2.75, 3.05) is 13.8 Å². The number of thiophene rings is 1. The highest BCUT2D eigenvalue weighted by atomic mass is 127. The topological polar surface area (TPSA) is 54.9 Å². The summed E-state index contributed by atoms with van der Waals surface area (Å²) in [7, 11) is 1.76. The second-order valence-corrected chi connectivity index (χ2v) is 6.36. The van der Waals surface area contributed by atoms with Crippen molar-refractivity contribution in [3.63, 3.8) is 0 Å². The summed E-state index contributed by atoms with van der Waals surface area (Å²) in [6, 6.07) is 6.10. The molecule has 124 valence electrons. The van der Waals surface area contributed by atoms with Crippen molar-refractivity contribution in [2.24, 2.45) is 4.99 Å². The molecule has 0 amide bonds. The Bertz CT molecular complexity index is 680. The van der Waals surface area contributed by atoms with E-state index < -0.39 is 0 Å². The van der Waals surface area contributed by atoms with Gasteiger partial charge in [0.2, 0.25) is 6.79 Å². The summed E-state index contributed by atoms with van der Waals surface area (Å²) < 4.78 is 11.7. The Morgan fingerprint density at radius 2 is 2.04 bits per heavy atom. The molecule has 23 heavy (non-hydrogen) atoms. The van der Waals surface area contributed by atoms with Gasteiger partial charge in [-0.25, -0.2) is 0 Å². The quantitative estimate of drug-likeness (QED) is 0.374. The molecule has 0 unspecified atom stereocenters. The van der Waals surface area contributed by atoms with Crippen molar-refractivity contribution in [1.29, 1.82) is 0 Å². The first-order valence-electron chi connectivity index (χ1n) is 6.80. The fourth-order valence-electron chi connectivity index (χ4n) is 2.11. The predicted octanol–water partition coefficient (Wildman–Crippen LogP) is 3.72. The zero-order chi connectivity index (χ0) is 15.4. The van der Waals surface area contributed by atoms with Gasteiger partial charge in [-0.15, -0.1) is 24.0 Å². The standard InChI is InChI=1S/C15H16BrN3O2S.HI/c1-17-15(18-6-10-2-3-22-8-10)19-7-11-4-12(16)14-13(5-11)20-9-21-14;/h2-5,8H,6-7,9H2,1H3,(H2,17,18,19);1H. The highest BCUT2D eigenvalue weighted by Gasteiger charge is 2.17. The highest BCUT2D eigenvalue weighted by Crippen LogP contribution is 2.39. The molecule has 2 aromatic rings. The summed E-state index contributed by atoms with van der Waals surface area (Å²) in [6.07, 6.45) is 0. The molecular weight excluding hydrogens is 493 g/mol. The van der Waals surface area contributed by atoms with Crippen molar-refractivity contribution in [1.82, 2.24) is 10.6 Å². The van der Waals surface area contributed by atoms with Crippen LogP contribution in [0.3, 0.4) is 0 Å². The molecule has 1 aliphatic heterocycles. The summed E-state index contributed by atoms with van der Waals surface area (Å²) in [4.78, 5) is 4.23. The lowest BCUT2D eigenvalue weighted by Gasteiger charge is -2.12. The number of nitrogens with one attached hydrogen (secondary N) is 2. The smallest absolute Gasteiger partial charge is 0.231 e. The third-order valence-corrected chi connectivity index (χ3v) is 4.53. The molecule has 0 aliphatic carbocycles. The number of guanidine groups is 1. The van der Waals surface area contributed by atoms with E-state index in [1.807, 2.05) is 12.1 Å². The molecule has 0 spiro atoms. The van der Waals surface area contributed by atoms with E-state index in [4.69, 9.17) is 9.47 Å². The van der Waals surface area contributed by atoms with Crippen LogP contribution in [-0.2, 0) is 13.1 Å². The highest BCUT2D eigenvalue weighted by molar-refractivity contribution is 14.0. The molecule has 3 rings (SSSR count). The third kappa shape index (κ3) is 4.74. The van der Waals surface area contributed by atoms with Crippen LogP contribution < -0.4 is 20.1 Å². The van der Waals surface area contributed by atoms with Crippen molar-refractivity contribution >= 4 is 57.2 Å². The number of fused-ring (bicyclic) bond motifs is 1. The van der Waals surface area contributed by atoms with Crippen molar-refractivity contribution in [2.45, 2.75) is 13.1 Å². The average molecular weight is 510 g/mol. The van der Waals surface area contributed by atoms with Crippen LogP contribution in [-0.4, -0.2) is 19.8 Å². The van der Waals surface area contributed by atoms with Crippen LogP contribution in [0.5, 0.6) is 11.5 Å². The van der Waals surface area contributed by atoms with E-state index >= 15 is 0 Å². The maximum atomic E-state index is 5.42. The molecule has 1 aliphatic rings. The maximum absolute atomic E-state index is 5.42. The first-order valence-corrected chi connectivity index (χ1v) is 8.53. The van der Waals surface area contributed by atoms with E-state index in [0.29, 0.717) is 6.54 Å². The molecule has 1 aromatic heterocycles. The predicted molar refractivity (Wildman–Crippen MR) is 107 cm³/mol. The number of rotatable bonds is 4. The molecule has 0 bridgehead atoms. The molecular formula is C15H17BrIN3O2S. The Morgan fingerprint density at radius 3 is 2.74 bits per heavy atom. The van der Waals surface area contributed by atoms with Crippen LogP contribution in [0.4, 0.5) is 0 Å². The van der Waals surface area contributed by atoms with Gasteiger partial charge in [-0.1, -0.05) is 0 Å². The number of nitrogens with zero attached hydrogens (tertiary/aromatic N) is 1. The second kappa shape index (κ2) is 8.74. The molecule has 0 saturated heterocycles. The first-order chi connectivity index (χ1) is 10.8. The van der Waals surface area contributed by atoms with Gasteiger partial charge in [0.25, 0.3) is 0 Å². The van der Waals surface area contributed by atoms with E-state index in [-0.39, 0.29) is 30.8 Å². The molecule has 2 N–H and O–H groups in total. The maximum Gasteiger partial charge on any atom is 0.231 e. The van der Waals surface area contributed by atoms with Crippen LogP contribution in [0.25, 0.3) is 0 Å². The summed E-state index contributed by atoms with van der Waals surface area (Å²) in [5.74, 6) is 2.30. The van der Waals surface area contributed by atoms with Gasteiger partial charge >= 0.3 is 0 Å². The van der Waals surface area contributed by atoms with Crippen molar-refractivity contribution in [3.8, 4) is 11.5 Å². The van der Waals surface area contributed by atoms with Crippen LogP contribution in [0, 0.1) is 0 Å². The normalized spacial score (nSPS) is 12.7. The fraction of sp³-hybridized carbons (Fsp3) is 0.267. The van der Waals surface area contributed by atoms with Crippen molar-refractivity contribution < 1.29 is 9.47 Å². The van der Waals surface area contributed by atoms with Gasteiger partial charge in [-0.05, 0) is 56.0 Å². The molecule has 5 nitrogen and oxygen atoms in total. The minimum atomic E-state index is 0. The Hall–Kier alpha value is -1.000. The minimum absolute atomic E-state index is 0. The molecule has 1 aromatic carbocycles. The van der Waals surface area contributed by atoms with Crippen LogP contribution in [0.2, 0.25) is 0 Å². The summed E-state index contributed by atoms with van der Waals surface area (Å²) in [6.45, 7) is 1.68. The van der Waals surface area contributed by atoms with E-state index in [1.165, 1.54) is 5.56 Å². The summed E-state index contributed by atoms with van der Waals surface area (Å²) in [5.41, 5.74) is 2.34. The summed E-state index contributed by atoms with van der Waals surface area (Å²) >= 11 is 5.19. The monoisotopic (exact) mass is 509 g/mol. The molecule has 0 radical (unpaired) electrons. The molecule has 2 heterocycles. The fourth-order valence-corrected chi connectivity index (χ4v) is 3.38. The number of hydrogen-bond donors (Lipinski definition) is 2. The molecule has 0 saturated carbocycles.